The van der Waals surface area contributed by atoms with Gasteiger partial charge in [-0.25, -0.2) is 13.9 Å². The fraction of sp³-hybridized carbons (Fsp3) is 0.278. The number of benzene rings is 1. The van der Waals surface area contributed by atoms with Crippen LogP contribution in [0.3, 0.4) is 0 Å². The van der Waals surface area contributed by atoms with E-state index in [1.54, 1.807) is 24.0 Å². The van der Waals surface area contributed by atoms with E-state index in [9.17, 15) is 14.0 Å². The lowest BCUT2D eigenvalue weighted by atomic mass is 10.1. The summed E-state index contributed by atoms with van der Waals surface area (Å²) in [5.74, 6) is -0.743. The van der Waals surface area contributed by atoms with Gasteiger partial charge in [-0.3, -0.25) is 14.7 Å². The third kappa shape index (κ3) is 2.71. The summed E-state index contributed by atoms with van der Waals surface area (Å²) >= 11 is 0. The molecule has 0 spiro atoms. The molecule has 6 nitrogen and oxygen atoms in total. The predicted octanol–water partition coefficient (Wildman–Crippen LogP) is 2.10. The molecule has 3 aromatic rings. The van der Waals surface area contributed by atoms with E-state index in [0.29, 0.717) is 24.4 Å². The first-order chi connectivity index (χ1) is 12.0. The summed E-state index contributed by atoms with van der Waals surface area (Å²) in [6.07, 6.45) is 0.751. The van der Waals surface area contributed by atoms with Gasteiger partial charge in [0.1, 0.15) is 5.82 Å². The highest BCUT2D eigenvalue weighted by Crippen LogP contribution is 2.28. The summed E-state index contributed by atoms with van der Waals surface area (Å²) < 4.78 is 15.2. The van der Waals surface area contributed by atoms with Gasteiger partial charge in [-0.2, -0.15) is 0 Å². The average molecular weight is 340 g/mol. The van der Waals surface area contributed by atoms with Crippen molar-refractivity contribution in [2.75, 3.05) is 13.1 Å². The Bertz CT molecular complexity index is 1020. The molecule has 1 fully saturated rings. The molecule has 1 N–H and O–H groups in total. The Morgan fingerprint density at radius 2 is 2.12 bits per heavy atom. The number of rotatable bonds is 2. The quantitative estimate of drug-likeness (QED) is 0.777. The number of halogens is 1. The number of fused-ring (bicyclic) bond motifs is 1. The smallest absolute Gasteiger partial charge is 0.272 e. The van der Waals surface area contributed by atoms with Crippen molar-refractivity contribution in [3.8, 4) is 0 Å². The fourth-order valence-corrected chi connectivity index (χ4v) is 3.34. The third-order valence-electron chi connectivity index (χ3n) is 4.62. The van der Waals surface area contributed by atoms with Gasteiger partial charge in [0.05, 0.1) is 5.56 Å². The summed E-state index contributed by atoms with van der Waals surface area (Å²) in [6.45, 7) is 2.81. The van der Waals surface area contributed by atoms with E-state index in [4.69, 9.17) is 0 Å². The van der Waals surface area contributed by atoms with Gasteiger partial charge in [-0.05, 0) is 25.5 Å². The number of likely N-dealkylation sites (tertiary alicyclic amines) is 1. The summed E-state index contributed by atoms with van der Waals surface area (Å²) in [6, 6.07) is 9.32. The zero-order chi connectivity index (χ0) is 17.6. The van der Waals surface area contributed by atoms with Crippen LogP contribution >= 0.6 is 0 Å². The molecule has 0 aliphatic carbocycles. The molecule has 0 unspecified atom stereocenters. The highest BCUT2D eigenvalue weighted by atomic mass is 19.1. The number of nitrogens with zero attached hydrogens (tertiary/aromatic N) is 3. The first-order valence-electron chi connectivity index (χ1n) is 8.16. The molecule has 7 heteroatoms. The largest absolute Gasteiger partial charge is 0.338 e. The second kappa shape index (κ2) is 5.84. The molecular weight excluding hydrogens is 323 g/mol. The number of aromatic amines is 1. The molecule has 0 saturated carbocycles. The Morgan fingerprint density at radius 3 is 2.92 bits per heavy atom. The molecule has 128 valence electrons. The first kappa shape index (κ1) is 15.6. The van der Waals surface area contributed by atoms with Crippen molar-refractivity contribution < 1.29 is 9.18 Å². The number of hydrogen-bond acceptors (Lipinski definition) is 3. The van der Waals surface area contributed by atoms with Crippen LogP contribution in [-0.4, -0.2) is 38.5 Å². The van der Waals surface area contributed by atoms with Gasteiger partial charge in [0.15, 0.2) is 5.65 Å². The van der Waals surface area contributed by atoms with Crippen molar-refractivity contribution in [3.05, 3.63) is 69.5 Å². The Labute approximate surface area is 142 Å². The second-order valence-corrected chi connectivity index (χ2v) is 6.36. The second-order valence-electron chi connectivity index (χ2n) is 6.36. The van der Waals surface area contributed by atoms with Crippen molar-refractivity contribution in [1.82, 2.24) is 19.5 Å². The SMILES string of the molecule is Cc1cc(=O)n2[nH]c([C@@H]3CCN(C(=O)c4ccccc4F)C3)cc2n1. The number of H-pyrrole nitrogens is 1. The van der Waals surface area contributed by atoms with Gasteiger partial charge < -0.3 is 4.90 Å². The highest BCUT2D eigenvalue weighted by molar-refractivity contribution is 5.94. The van der Waals surface area contributed by atoms with Crippen molar-refractivity contribution in [2.24, 2.45) is 0 Å². The molecule has 1 saturated heterocycles. The number of carbonyl (C=O) groups excluding carboxylic acids is 1. The standard InChI is InChI=1S/C18H17FN4O2/c1-11-8-17(24)23-16(20-11)9-15(21-23)12-6-7-22(10-12)18(25)13-4-2-3-5-14(13)19/h2-5,8-9,12,21H,6-7,10H2,1H3/t12-/m1/s1. The van der Waals surface area contributed by atoms with Crippen molar-refractivity contribution in [3.63, 3.8) is 0 Å². The molecule has 1 aliphatic rings. The first-order valence-corrected chi connectivity index (χ1v) is 8.16. The van der Waals surface area contributed by atoms with Crippen LogP contribution in [0.5, 0.6) is 0 Å². The molecule has 1 aliphatic heterocycles. The fourth-order valence-electron chi connectivity index (χ4n) is 3.34. The van der Waals surface area contributed by atoms with E-state index >= 15 is 0 Å². The van der Waals surface area contributed by atoms with Gasteiger partial charge in [0.2, 0.25) is 0 Å². The van der Waals surface area contributed by atoms with E-state index in [2.05, 4.69) is 10.1 Å². The molecule has 1 aromatic carbocycles. The maximum Gasteiger partial charge on any atom is 0.272 e. The molecule has 1 atom stereocenters. The molecule has 25 heavy (non-hydrogen) atoms. The predicted molar refractivity (Wildman–Crippen MR) is 90.2 cm³/mol. The van der Waals surface area contributed by atoms with Gasteiger partial charge in [0.25, 0.3) is 11.5 Å². The van der Waals surface area contributed by atoms with Crippen molar-refractivity contribution >= 4 is 11.6 Å². The van der Waals surface area contributed by atoms with Crippen LogP contribution in [0.1, 0.15) is 34.1 Å². The van der Waals surface area contributed by atoms with Gasteiger partial charge in [-0.15, -0.1) is 0 Å². The maximum absolute atomic E-state index is 13.8. The van der Waals surface area contributed by atoms with Crippen LogP contribution in [0.25, 0.3) is 5.65 Å². The van der Waals surface area contributed by atoms with E-state index in [1.165, 1.54) is 22.7 Å². The molecule has 2 aromatic heterocycles. The van der Waals surface area contributed by atoms with E-state index < -0.39 is 5.82 Å². The lowest BCUT2D eigenvalue weighted by molar-refractivity contribution is 0.0786. The van der Waals surface area contributed by atoms with Gasteiger partial charge >= 0.3 is 0 Å². The lowest BCUT2D eigenvalue weighted by Crippen LogP contribution is -2.29. The van der Waals surface area contributed by atoms with Crippen LogP contribution in [0.2, 0.25) is 0 Å². The monoisotopic (exact) mass is 340 g/mol. The van der Waals surface area contributed by atoms with E-state index in [0.717, 1.165) is 12.1 Å². The number of nitrogens with one attached hydrogen (secondary N) is 1. The highest BCUT2D eigenvalue weighted by Gasteiger charge is 2.30. The Balaban J connectivity index is 1.59. The van der Waals surface area contributed by atoms with Gasteiger partial charge in [-0.1, -0.05) is 12.1 Å². The van der Waals surface area contributed by atoms with Crippen LogP contribution in [0.15, 0.2) is 41.2 Å². The van der Waals surface area contributed by atoms with Crippen molar-refractivity contribution in [2.45, 2.75) is 19.3 Å². The summed E-state index contributed by atoms with van der Waals surface area (Å²) in [4.78, 5) is 30.5. The molecular formula is C18H17FN4O2. The average Bonchev–Trinajstić information content (AvgIpc) is 3.21. The molecule has 0 radical (unpaired) electrons. The minimum atomic E-state index is -0.507. The normalized spacial score (nSPS) is 17.4. The Kier molecular flexibility index (Phi) is 3.63. The molecule has 1 amide bonds. The van der Waals surface area contributed by atoms with E-state index in [-0.39, 0.29) is 22.9 Å². The Hall–Kier alpha value is -2.96. The van der Waals surface area contributed by atoms with Crippen LogP contribution < -0.4 is 5.56 Å². The number of hydrogen-bond donors (Lipinski definition) is 1. The zero-order valence-corrected chi connectivity index (χ0v) is 13.7. The summed E-state index contributed by atoms with van der Waals surface area (Å²) in [7, 11) is 0. The number of amides is 1. The summed E-state index contributed by atoms with van der Waals surface area (Å²) in [5, 5.41) is 3.07. The number of aromatic nitrogens is 3. The number of aryl methyl sites for hydroxylation is 1. The summed E-state index contributed by atoms with van der Waals surface area (Å²) in [5.41, 5.74) is 2.02. The minimum absolute atomic E-state index is 0.0668. The van der Waals surface area contributed by atoms with Crippen LogP contribution in [0, 0.1) is 12.7 Å². The van der Waals surface area contributed by atoms with Crippen LogP contribution in [0.4, 0.5) is 4.39 Å². The minimum Gasteiger partial charge on any atom is -0.338 e. The molecule has 3 heterocycles. The van der Waals surface area contributed by atoms with Crippen molar-refractivity contribution in [1.29, 1.82) is 0 Å². The molecule has 4 rings (SSSR count). The van der Waals surface area contributed by atoms with Crippen LogP contribution in [-0.2, 0) is 0 Å². The number of carbonyl (C=O) groups is 1. The Morgan fingerprint density at radius 1 is 1.32 bits per heavy atom. The maximum atomic E-state index is 13.8. The van der Waals surface area contributed by atoms with E-state index in [1.807, 2.05) is 6.07 Å². The lowest BCUT2D eigenvalue weighted by Gasteiger charge is -2.16. The topological polar surface area (TPSA) is 70.5 Å². The third-order valence-corrected chi connectivity index (χ3v) is 4.62. The van der Waals surface area contributed by atoms with Gasteiger partial charge in [0, 0.05) is 42.5 Å². The zero-order valence-electron chi connectivity index (χ0n) is 13.7. The molecule has 0 bridgehead atoms.